The number of carbonyl (C=O) groups is 1. The first kappa shape index (κ1) is 18.4. The van der Waals surface area contributed by atoms with Crippen LogP contribution in [0.2, 0.25) is 0 Å². The van der Waals surface area contributed by atoms with Gasteiger partial charge in [0.1, 0.15) is 5.75 Å². The Morgan fingerprint density at radius 1 is 1.12 bits per heavy atom. The molecule has 26 heavy (non-hydrogen) atoms. The number of amides is 1. The molecule has 0 fully saturated rings. The Bertz CT molecular complexity index is 937. The van der Waals surface area contributed by atoms with Crippen molar-refractivity contribution in [3.8, 4) is 5.75 Å². The third-order valence-corrected chi connectivity index (χ3v) is 5.36. The first-order chi connectivity index (χ1) is 12.2. The van der Waals surface area contributed by atoms with Crippen molar-refractivity contribution in [2.45, 2.75) is 40.0 Å². The average Bonchev–Trinajstić information content (AvgIpc) is 2.99. The zero-order valence-corrected chi connectivity index (χ0v) is 16.7. The highest BCUT2D eigenvalue weighted by Crippen LogP contribution is 2.29. The summed E-state index contributed by atoms with van der Waals surface area (Å²) < 4.78 is 6.66. The van der Waals surface area contributed by atoms with E-state index in [-0.39, 0.29) is 17.9 Å². The predicted octanol–water partition coefficient (Wildman–Crippen LogP) is 5.23. The Labute approximate surface area is 158 Å². The fraction of sp³-hybridized carbons (Fsp3) is 0.333. The van der Waals surface area contributed by atoms with Crippen LogP contribution in [0.1, 0.15) is 37.5 Å². The van der Waals surface area contributed by atoms with Gasteiger partial charge in [0, 0.05) is 0 Å². The number of benzene rings is 2. The van der Waals surface area contributed by atoms with Crippen molar-refractivity contribution in [1.29, 1.82) is 0 Å². The van der Waals surface area contributed by atoms with E-state index in [1.807, 2.05) is 37.3 Å². The monoisotopic (exact) mass is 368 g/mol. The van der Waals surface area contributed by atoms with Crippen LogP contribution in [0.5, 0.6) is 5.75 Å². The number of rotatable bonds is 4. The molecule has 0 atom stereocenters. The van der Waals surface area contributed by atoms with E-state index in [0.29, 0.717) is 10.9 Å². The summed E-state index contributed by atoms with van der Waals surface area (Å²) in [5.41, 5.74) is 4.62. The number of ether oxygens (including phenoxy) is 1. The van der Waals surface area contributed by atoms with Gasteiger partial charge in [-0.05, 0) is 54.2 Å². The van der Waals surface area contributed by atoms with Crippen LogP contribution < -0.4 is 10.1 Å². The molecular formula is C21H24N2O2S. The number of hydrogen-bond acceptors (Lipinski definition) is 4. The van der Waals surface area contributed by atoms with Crippen LogP contribution in [0.25, 0.3) is 10.2 Å². The highest BCUT2D eigenvalue weighted by molar-refractivity contribution is 7.22. The van der Waals surface area contributed by atoms with Crippen LogP contribution >= 0.6 is 11.3 Å². The van der Waals surface area contributed by atoms with E-state index in [0.717, 1.165) is 15.8 Å². The Balaban J connectivity index is 1.62. The fourth-order valence-electron chi connectivity index (χ4n) is 2.63. The molecule has 1 N–H and O–H groups in total. The van der Waals surface area contributed by atoms with Gasteiger partial charge in [0.25, 0.3) is 5.91 Å². The van der Waals surface area contributed by atoms with E-state index in [1.54, 1.807) is 0 Å². The van der Waals surface area contributed by atoms with Gasteiger partial charge < -0.3 is 4.74 Å². The van der Waals surface area contributed by atoms with Crippen molar-refractivity contribution in [2.75, 3.05) is 11.9 Å². The number of fused-ring (bicyclic) bond motifs is 1. The van der Waals surface area contributed by atoms with Crippen molar-refractivity contribution < 1.29 is 9.53 Å². The third-order valence-electron chi connectivity index (χ3n) is 4.42. The van der Waals surface area contributed by atoms with Crippen molar-refractivity contribution in [3.63, 3.8) is 0 Å². The van der Waals surface area contributed by atoms with Gasteiger partial charge in [0.05, 0.1) is 10.2 Å². The minimum absolute atomic E-state index is 0.0389. The van der Waals surface area contributed by atoms with Crippen molar-refractivity contribution in [2.24, 2.45) is 0 Å². The average molecular weight is 369 g/mol. The summed E-state index contributed by atoms with van der Waals surface area (Å²) in [5.74, 6) is 0.474. The summed E-state index contributed by atoms with van der Waals surface area (Å²) in [5, 5.41) is 3.43. The lowest BCUT2D eigenvalue weighted by Crippen LogP contribution is -2.20. The van der Waals surface area contributed by atoms with Crippen molar-refractivity contribution in [3.05, 3.63) is 53.1 Å². The number of nitrogens with zero attached hydrogens (tertiary/aromatic N) is 1. The maximum Gasteiger partial charge on any atom is 0.264 e. The van der Waals surface area contributed by atoms with E-state index < -0.39 is 0 Å². The lowest BCUT2D eigenvalue weighted by Gasteiger charge is -2.19. The summed E-state index contributed by atoms with van der Waals surface area (Å²) in [6.07, 6.45) is 0. The molecule has 2 aromatic carbocycles. The van der Waals surface area contributed by atoms with Crippen LogP contribution in [0.15, 0.2) is 36.4 Å². The molecule has 1 amide bonds. The van der Waals surface area contributed by atoms with Gasteiger partial charge in [-0.25, -0.2) is 4.98 Å². The summed E-state index contributed by atoms with van der Waals surface area (Å²) in [7, 11) is 0. The third kappa shape index (κ3) is 4.05. The van der Waals surface area contributed by atoms with Gasteiger partial charge in [-0.15, -0.1) is 0 Å². The second-order valence-corrected chi connectivity index (χ2v) is 8.52. The van der Waals surface area contributed by atoms with E-state index in [4.69, 9.17) is 4.74 Å². The molecule has 0 spiro atoms. The van der Waals surface area contributed by atoms with E-state index in [1.165, 1.54) is 22.5 Å². The van der Waals surface area contributed by atoms with E-state index in [9.17, 15) is 4.79 Å². The summed E-state index contributed by atoms with van der Waals surface area (Å²) in [6, 6.07) is 12.0. The van der Waals surface area contributed by atoms with Crippen LogP contribution in [-0.2, 0) is 10.2 Å². The molecule has 0 aliphatic heterocycles. The standard InChI is InChI=1S/C21H24N2O2S/c1-13-6-11-17-19(14(13)2)23-20(26-17)22-18(24)12-25-16-9-7-15(8-10-16)21(3,4)5/h6-11H,12H2,1-5H3,(H,22,23,24). The zero-order valence-electron chi connectivity index (χ0n) is 15.8. The Hall–Kier alpha value is -2.40. The SMILES string of the molecule is Cc1ccc2sc(NC(=O)COc3ccc(C(C)(C)C)cc3)nc2c1C. The highest BCUT2D eigenvalue weighted by Gasteiger charge is 2.14. The van der Waals surface area contributed by atoms with Gasteiger partial charge in [-0.2, -0.15) is 0 Å². The van der Waals surface area contributed by atoms with Crippen LogP contribution in [0, 0.1) is 13.8 Å². The second kappa shape index (κ2) is 7.08. The van der Waals surface area contributed by atoms with Gasteiger partial charge in [0.2, 0.25) is 0 Å². The molecular weight excluding hydrogens is 344 g/mol. The van der Waals surface area contributed by atoms with Gasteiger partial charge in [0.15, 0.2) is 11.7 Å². The summed E-state index contributed by atoms with van der Waals surface area (Å²) in [6.45, 7) is 10.6. The number of hydrogen-bond donors (Lipinski definition) is 1. The topological polar surface area (TPSA) is 51.2 Å². The number of anilines is 1. The largest absolute Gasteiger partial charge is 0.484 e. The molecule has 0 aliphatic rings. The molecule has 0 unspecified atom stereocenters. The van der Waals surface area contributed by atoms with E-state index in [2.05, 4.69) is 44.1 Å². The first-order valence-electron chi connectivity index (χ1n) is 8.64. The number of aryl methyl sites for hydroxylation is 2. The molecule has 3 rings (SSSR count). The lowest BCUT2D eigenvalue weighted by atomic mass is 9.87. The fourth-order valence-corrected chi connectivity index (χ4v) is 3.58. The highest BCUT2D eigenvalue weighted by atomic mass is 32.1. The Morgan fingerprint density at radius 2 is 1.81 bits per heavy atom. The molecule has 0 saturated heterocycles. The molecule has 3 aromatic rings. The van der Waals surface area contributed by atoms with Crippen molar-refractivity contribution in [1.82, 2.24) is 4.98 Å². The number of nitrogens with one attached hydrogen (secondary N) is 1. The lowest BCUT2D eigenvalue weighted by molar-refractivity contribution is -0.118. The first-order valence-corrected chi connectivity index (χ1v) is 9.45. The number of carbonyl (C=O) groups excluding carboxylic acids is 1. The van der Waals surface area contributed by atoms with Gasteiger partial charge >= 0.3 is 0 Å². The van der Waals surface area contributed by atoms with Crippen molar-refractivity contribution >= 4 is 32.6 Å². The summed E-state index contributed by atoms with van der Waals surface area (Å²) >= 11 is 1.48. The molecule has 136 valence electrons. The molecule has 1 heterocycles. The second-order valence-electron chi connectivity index (χ2n) is 7.48. The van der Waals surface area contributed by atoms with E-state index >= 15 is 0 Å². The molecule has 4 nitrogen and oxygen atoms in total. The Kier molecular flexibility index (Phi) is 5.01. The van der Waals surface area contributed by atoms with Crippen LogP contribution in [0.3, 0.4) is 0 Å². The number of thiazole rings is 1. The molecule has 5 heteroatoms. The minimum atomic E-state index is -0.210. The van der Waals surface area contributed by atoms with Crippen LogP contribution in [0.4, 0.5) is 5.13 Å². The maximum atomic E-state index is 12.2. The molecule has 0 saturated carbocycles. The number of aromatic nitrogens is 1. The maximum absolute atomic E-state index is 12.2. The quantitative estimate of drug-likeness (QED) is 0.686. The Morgan fingerprint density at radius 3 is 2.46 bits per heavy atom. The molecule has 0 aliphatic carbocycles. The van der Waals surface area contributed by atoms with Gasteiger partial charge in [-0.1, -0.05) is 50.3 Å². The zero-order chi connectivity index (χ0) is 18.9. The minimum Gasteiger partial charge on any atom is -0.484 e. The molecule has 1 aromatic heterocycles. The molecule has 0 radical (unpaired) electrons. The molecule has 0 bridgehead atoms. The summed E-state index contributed by atoms with van der Waals surface area (Å²) in [4.78, 5) is 16.7. The predicted molar refractivity (Wildman–Crippen MR) is 108 cm³/mol. The smallest absolute Gasteiger partial charge is 0.264 e. The normalized spacial score (nSPS) is 11.6. The van der Waals surface area contributed by atoms with Gasteiger partial charge in [-0.3, -0.25) is 10.1 Å². The van der Waals surface area contributed by atoms with Crippen LogP contribution in [-0.4, -0.2) is 17.5 Å².